The molecule has 3 aromatic rings. The lowest BCUT2D eigenvalue weighted by Crippen LogP contribution is -2.50. The van der Waals surface area contributed by atoms with E-state index in [0.29, 0.717) is 0 Å². The summed E-state index contributed by atoms with van der Waals surface area (Å²) in [5, 5.41) is 14.9. The Balaban J connectivity index is 1.65. The molecule has 3 aromatic carbocycles. The number of anilines is 2. The number of para-hydroxylation sites is 1. The average Bonchev–Trinajstić information content (AvgIpc) is 2.98. The summed E-state index contributed by atoms with van der Waals surface area (Å²) >= 11 is 0. The number of alkyl halides is 3. The number of amides is 3. The van der Waals surface area contributed by atoms with Crippen molar-refractivity contribution in [1.29, 1.82) is 0 Å². The van der Waals surface area contributed by atoms with E-state index >= 15 is 0 Å². The van der Waals surface area contributed by atoms with Gasteiger partial charge in [-0.05, 0) is 67.6 Å². The highest BCUT2D eigenvalue weighted by molar-refractivity contribution is 7.89. The number of halogens is 4. The zero-order valence-corrected chi connectivity index (χ0v) is 25.3. The van der Waals surface area contributed by atoms with Crippen LogP contribution < -0.4 is 15.4 Å². The molecule has 3 N–H and O–H groups in total. The summed E-state index contributed by atoms with van der Waals surface area (Å²) in [7, 11) is -2.75. The maximum absolute atomic E-state index is 13.7. The molecule has 0 aliphatic carbocycles. The number of aliphatic hydroxyl groups excluding tert-OH is 1. The second-order valence-corrected chi connectivity index (χ2v) is 12.7. The van der Waals surface area contributed by atoms with Gasteiger partial charge in [0.25, 0.3) is 5.91 Å². The van der Waals surface area contributed by atoms with Crippen LogP contribution in [-0.4, -0.2) is 73.6 Å². The van der Waals surface area contributed by atoms with Gasteiger partial charge in [-0.15, -0.1) is 0 Å². The third kappa shape index (κ3) is 7.72. The van der Waals surface area contributed by atoms with Crippen molar-refractivity contribution in [3.63, 3.8) is 0 Å². The molecular weight excluding hydrogens is 620 g/mol. The number of urea groups is 1. The molecule has 45 heavy (non-hydrogen) atoms. The van der Waals surface area contributed by atoms with E-state index in [2.05, 4.69) is 10.6 Å². The van der Waals surface area contributed by atoms with Gasteiger partial charge in [0.1, 0.15) is 11.9 Å². The number of likely N-dealkylation sites (N-methyl/N-ethyl adjacent to an activating group) is 1. The Morgan fingerprint density at radius 1 is 1.09 bits per heavy atom. The summed E-state index contributed by atoms with van der Waals surface area (Å²) in [5.41, 5.74) is -0.759. The van der Waals surface area contributed by atoms with Crippen molar-refractivity contribution in [2.24, 2.45) is 5.92 Å². The fourth-order valence-corrected chi connectivity index (χ4v) is 5.91. The number of ether oxygens (including phenoxy) is 1. The second kappa shape index (κ2) is 13.4. The van der Waals surface area contributed by atoms with Crippen molar-refractivity contribution in [3.05, 3.63) is 83.7 Å². The van der Waals surface area contributed by atoms with Crippen molar-refractivity contribution in [2.45, 2.75) is 37.1 Å². The zero-order valence-electron chi connectivity index (χ0n) is 24.5. The molecule has 0 saturated carbocycles. The van der Waals surface area contributed by atoms with Crippen LogP contribution in [0.4, 0.5) is 33.7 Å². The monoisotopic (exact) mass is 652 g/mol. The summed E-state index contributed by atoms with van der Waals surface area (Å²) in [6.07, 6.45) is -5.43. The molecule has 10 nitrogen and oxygen atoms in total. The second-order valence-electron chi connectivity index (χ2n) is 10.7. The van der Waals surface area contributed by atoms with Gasteiger partial charge in [0.15, 0.2) is 5.75 Å². The highest BCUT2D eigenvalue weighted by Gasteiger charge is 2.36. The molecule has 0 aromatic heterocycles. The van der Waals surface area contributed by atoms with Crippen molar-refractivity contribution in [2.75, 3.05) is 37.4 Å². The number of nitrogens with one attached hydrogen (secondary N) is 2. The van der Waals surface area contributed by atoms with E-state index in [1.165, 1.54) is 30.1 Å². The molecule has 15 heteroatoms. The Labute approximate surface area is 257 Å². The van der Waals surface area contributed by atoms with Gasteiger partial charge in [-0.2, -0.15) is 17.5 Å². The molecule has 242 valence electrons. The van der Waals surface area contributed by atoms with Gasteiger partial charge in [0, 0.05) is 25.2 Å². The molecule has 0 saturated heterocycles. The van der Waals surface area contributed by atoms with Crippen LogP contribution in [0.5, 0.6) is 5.75 Å². The van der Waals surface area contributed by atoms with Crippen molar-refractivity contribution >= 4 is 33.3 Å². The maximum Gasteiger partial charge on any atom is 0.416 e. The Morgan fingerprint density at radius 3 is 2.33 bits per heavy atom. The number of rotatable bonds is 8. The average molecular weight is 653 g/mol. The number of benzene rings is 3. The highest BCUT2D eigenvalue weighted by Crippen LogP contribution is 2.36. The molecular formula is C30H32F4N4O6S. The number of aliphatic hydroxyl groups is 1. The molecule has 0 spiro atoms. The number of sulfonamides is 1. The molecule has 3 atom stereocenters. The van der Waals surface area contributed by atoms with Crippen LogP contribution in [0.2, 0.25) is 0 Å². The van der Waals surface area contributed by atoms with E-state index in [1.54, 1.807) is 13.8 Å². The number of nitrogens with zero attached hydrogens (tertiary/aromatic N) is 2. The van der Waals surface area contributed by atoms with Crippen LogP contribution in [0, 0.1) is 11.7 Å². The van der Waals surface area contributed by atoms with Crippen LogP contribution in [0.3, 0.4) is 0 Å². The first-order valence-electron chi connectivity index (χ1n) is 13.8. The number of carbonyl (C=O) groups excluding carboxylic acids is 2. The van der Waals surface area contributed by atoms with Gasteiger partial charge in [0.05, 0.1) is 40.9 Å². The fourth-order valence-electron chi connectivity index (χ4n) is 4.72. The standard InChI is InChI=1S/C30H32F4N4O6S/c1-18-15-38(19(2)17-39)28(40)24-5-4-6-25(36-29(41)35-22-11-7-20(8-12-22)30(32,33)34)27(24)44-26(18)16-37(3)45(42,43)23-13-9-21(31)10-14-23/h4-14,18-19,26,39H,15-17H2,1-3H3,(H2,35,36,41)/t18-,19-,26+/m1/s1. The van der Waals surface area contributed by atoms with E-state index in [9.17, 15) is 40.7 Å². The Kier molecular flexibility index (Phi) is 10.0. The van der Waals surface area contributed by atoms with Gasteiger partial charge in [0.2, 0.25) is 10.0 Å². The Bertz CT molecular complexity index is 1640. The number of hydrogen-bond acceptors (Lipinski definition) is 6. The van der Waals surface area contributed by atoms with Gasteiger partial charge < -0.3 is 25.4 Å². The Hall–Kier alpha value is -4.21. The van der Waals surface area contributed by atoms with Crippen molar-refractivity contribution in [1.82, 2.24) is 9.21 Å². The lowest BCUT2D eigenvalue weighted by atomic mass is 9.99. The zero-order chi connectivity index (χ0) is 33.1. The topological polar surface area (TPSA) is 128 Å². The van der Waals surface area contributed by atoms with E-state index in [0.717, 1.165) is 52.8 Å². The molecule has 1 heterocycles. The predicted molar refractivity (Wildman–Crippen MR) is 158 cm³/mol. The van der Waals surface area contributed by atoms with Gasteiger partial charge in [-0.25, -0.2) is 17.6 Å². The smallest absolute Gasteiger partial charge is 0.416 e. The summed E-state index contributed by atoms with van der Waals surface area (Å²) < 4.78 is 86.1. The summed E-state index contributed by atoms with van der Waals surface area (Å²) in [6, 6.07) is 11.1. The molecule has 1 aliphatic heterocycles. The van der Waals surface area contributed by atoms with Crippen LogP contribution in [0.15, 0.2) is 71.6 Å². The first-order valence-corrected chi connectivity index (χ1v) is 15.2. The van der Waals surface area contributed by atoms with E-state index in [4.69, 9.17) is 4.74 Å². The molecule has 1 aliphatic rings. The molecule has 4 rings (SSSR count). The molecule has 0 bridgehead atoms. The molecule has 0 unspecified atom stereocenters. The predicted octanol–water partition coefficient (Wildman–Crippen LogP) is 5.03. The van der Waals surface area contributed by atoms with Crippen LogP contribution in [0.25, 0.3) is 0 Å². The van der Waals surface area contributed by atoms with Crippen LogP contribution in [0.1, 0.15) is 29.8 Å². The molecule has 3 amide bonds. The minimum absolute atomic E-state index is 0.0311. The number of hydrogen-bond donors (Lipinski definition) is 3. The third-order valence-corrected chi connectivity index (χ3v) is 9.21. The van der Waals surface area contributed by atoms with E-state index < -0.39 is 57.6 Å². The van der Waals surface area contributed by atoms with Gasteiger partial charge in [-0.1, -0.05) is 13.0 Å². The minimum atomic E-state index is -4.55. The lowest BCUT2D eigenvalue weighted by Gasteiger charge is -2.38. The normalized spacial score (nSPS) is 18.0. The maximum atomic E-state index is 13.7. The molecule has 0 fully saturated rings. The first kappa shape index (κ1) is 33.7. The summed E-state index contributed by atoms with van der Waals surface area (Å²) in [4.78, 5) is 27.8. The minimum Gasteiger partial charge on any atom is -0.486 e. The summed E-state index contributed by atoms with van der Waals surface area (Å²) in [5.74, 6) is -1.66. The van der Waals surface area contributed by atoms with Crippen molar-refractivity contribution in [3.8, 4) is 5.75 Å². The lowest BCUT2D eigenvalue weighted by molar-refractivity contribution is -0.137. The first-order chi connectivity index (χ1) is 21.1. The SMILES string of the molecule is C[C@@H]1CN([C@H](C)CO)C(=O)c2cccc(NC(=O)Nc3ccc(C(F)(F)F)cc3)c2O[C@H]1CN(C)S(=O)(=O)c1ccc(F)cc1. The van der Waals surface area contributed by atoms with Crippen molar-refractivity contribution < 1.29 is 45.4 Å². The largest absolute Gasteiger partial charge is 0.486 e. The van der Waals surface area contributed by atoms with Gasteiger partial charge >= 0.3 is 12.2 Å². The van der Waals surface area contributed by atoms with Crippen LogP contribution >= 0.6 is 0 Å². The number of fused-ring (bicyclic) bond motifs is 1. The summed E-state index contributed by atoms with van der Waals surface area (Å²) in [6.45, 7) is 2.92. The Morgan fingerprint density at radius 2 is 1.73 bits per heavy atom. The van der Waals surface area contributed by atoms with Gasteiger partial charge in [-0.3, -0.25) is 4.79 Å². The van der Waals surface area contributed by atoms with E-state index in [-0.39, 0.29) is 47.3 Å². The number of carbonyl (C=O) groups is 2. The fraction of sp³-hybridized carbons (Fsp3) is 0.333. The highest BCUT2D eigenvalue weighted by atomic mass is 32.2. The third-order valence-electron chi connectivity index (χ3n) is 7.37. The van der Waals surface area contributed by atoms with Crippen LogP contribution in [-0.2, 0) is 16.2 Å². The van der Waals surface area contributed by atoms with E-state index in [1.807, 2.05) is 0 Å². The quantitative estimate of drug-likeness (QED) is 0.293. The molecule has 0 radical (unpaired) electrons.